The highest BCUT2D eigenvalue weighted by Gasteiger charge is 2.45. The molecule has 1 fully saturated rings. The summed E-state index contributed by atoms with van der Waals surface area (Å²) in [6.07, 6.45) is 2.38. The molecule has 0 heterocycles. The van der Waals surface area contributed by atoms with E-state index in [1.165, 1.54) is 0 Å². The van der Waals surface area contributed by atoms with Crippen LogP contribution in [0.25, 0.3) is 0 Å². The Kier molecular flexibility index (Phi) is 7.13. The largest absolute Gasteiger partial charge is 0.493 e. The first-order valence-electron chi connectivity index (χ1n) is 7.33. The molecule has 0 aliphatic heterocycles. The molecule has 0 spiro atoms. The molecule has 1 amide bonds. The van der Waals surface area contributed by atoms with Crippen molar-refractivity contribution in [2.75, 3.05) is 20.3 Å². The number of hydrogen-bond donors (Lipinski definition) is 2. The fourth-order valence-corrected chi connectivity index (χ4v) is 2.04. The van der Waals surface area contributed by atoms with E-state index in [1.54, 1.807) is 7.11 Å². The van der Waals surface area contributed by atoms with Gasteiger partial charge in [-0.25, -0.2) is 0 Å². The summed E-state index contributed by atoms with van der Waals surface area (Å²) in [7, 11) is 1.67. The van der Waals surface area contributed by atoms with Crippen molar-refractivity contribution in [3.8, 4) is 5.75 Å². The van der Waals surface area contributed by atoms with Crippen LogP contribution in [0.15, 0.2) is 18.2 Å². The Morgan fingerprint density at radius 3 is 2.73 bits per heavy atom. The molecule has 1 aliphatic rings. The minimum Gasteiger partial charge on any atom is -0.493 e. The van der Waals surface area contributed by atoms with Gasteiger partial charge in [0, 0.05) is 32.2 Å². The topological polar surface area (TPSA) is 73.6 Å². The van der Waals surface area contributed by atoms with Gasteiger partial charge in [-0.1, -0.05) is 12.1 Å². The Morgan fingerprint density at radius 1 is 1.36 bits per heavy atom. The zero-order valence-corrected chi connectivity index (χ0v) is 14.0. The van der Waals surface area contributed by atoms with Crippen LogP contribution in [-0.4, -0.2) is 31.8 Å². The highest BCUT2D eigenvalue weighted by Crippen LogP contribution is 2.32. The van der Waals surface area contributed by atoms with Crippen molar-refractivity contribution in [3.63, 3.8) is 0 Å². The van der Waals surface area contributed by atoms with E-state index in [0.29, 0.717) is 19.8 Å². The van der Waals surface area contributed by atoms with Crippen LogP contribution in [0, 0.1) is 6.92 Å². The molecule has 2 rings (SSSR count). The maximum atomic E-state index is 11.9. The van der Waals surface area contributed by atoms with Gasteiger partial charge in [0.1, 0.15) is 5.75 Å². The van der Waals surface area contributed by atoms with Crippen molar-refractivity contribution in [2.45, 2.75) is 38.3 Å². The summed E-state index contributed by atoms with van der Waals surface area (Å²) in [6, 6.07) is 5.99. The predicted molar refractivity (Wildman–Crippen MR) is 88.4 cm³/mol. The maximum Gasteiger partial charge on any atom is 0.240 e. The van der Waals surface area contributed by atoms with Gasteiger partial charge in [-0.2, -0.15) is 0 Å². The minimum atomic E-state index is -0.635. The Bertz CT molecular complexity index is 504. The van der Waals surface area contributed by atoms with E-state index >= 15 is 0 Å². The molecule has 1 aromatic rings. The van der Waals surface area contributed by atoms with Crippen molar-refractivity contribution >= 4 is 18.3 Å². The summed E-state index contributed by atoms with van der Waals surface area (Å²) >= 11 is 0. The number of hydrogen-bond acceptors (Lipinski definition) is 4. The predicted octanol–water partition coefficient (Wildman–Crippen LogP) is 1.94. The molecule has 22 heavy (non-hydrogen) atoms. The molecular weight excluding hydrogens is 304 g/mol. The Morgan fingerprint density at radius 2 is 2.09 bits per heavy atom. The summed E-state index contributed by atoms with van der Waals surface area (Å²) in [5.74, 6) is 0.738. The molecular formula is C16H25ClN2O3. The highest BCUT2D eigenvalue weighted by atomic mass is 35.5. The summed E-state index contributed by atoms with van der Waals surface area (Å²) in [4.78, 5) is 11.9. The molecule has 0 atom stereocenters. The number of ether oxygens (including phenoxy) is 2. The first-order chi connectivity index (χ1) is 10.0. The minimum absolute atomic E-state index is 0. The van der Waals surface area contributed by atoms with Crippen molar-refractivity contribution in [2.24, 2.45) is 5.73 Å². The van der Waals surface area contributed by atoms with Gasteiger partial charge in [-0.3, -0.25) is 4.79 Å². The van der Waals surface area contributed by atoms with Crippen LogP contribution < -0.4 is 15.8 Å². The van der Waals surface area contributed by atoms with Crippen LogP contribution in [0.4, 0.5) is 0 Å². The number of carbonyl (C=O) groups is 1. The molecule has 6 heteroatoms. The number of amides is 1. The van der Waals surface area contributed by atoms with Crippen molar-refractivity contribution < 1.29 is 14.3 Å². The molecule has 124 valence electrons. The van der Waals surface area contributed by atoms with Gasteiger partial charge in [0.25, 0.3) is 0 Å². The molecule has 1 aliphatic carbocycles. The number of rotatable bonds is 8. The quantitative estimate of drug-likeness (QED) is 0.715. The summed E-state index contributed by atoms with van der Waals surface area (Å²) in [6.45, 7) is 3.73. The average molecular weight is 329 g/mol. The van der Waals surface area contributed by atoms with Crippen molar-refractivity contribution in [1.82, 2.24) is 5.32 Å². The van der Waals surface area contributed by atoms with Crippen LogP contribution in [0.3, 0.4) is 0 Å². The van der Waals surface area contributed by atoms with E-state index in [1.807, 2.05) is 25.1 Å². The van der Waals surface area contributed by atoms with Crippen LogP contribution in [0.5, 0.6) is 5.75 Å². The second-order valence-electron chi connectivity index (χ2n) is 5.64. The number of aryl methyl sites for hydroxylation is 1. The van der Waals surface area contributed by atoms with Crippen LogP contribution in [0.2, 0.25) is 0 Å². The van der Waals surface area contributed by atoms with Gasteiger partial charge in [-0.15, -0.1) is 12.4 Å². The number of carbonyl (C=O) groups excluding carboxylic acids is 1. The SMILES string of the molecule is COCCCOc1cc(C)ccc1CNC(=O)C1(N)CC1.Cl. The summed E-state index contributed by atoms with van der Waals surface area (Å²) < 4.78 is 10.8. The number of halogens is 1. The molecule has 3 N–H and O–H groups in total. The van der Waals surface area contributed by atoms with E-state index in [-0.39, 0.29) is 18.3 Å². The van der Waals surface area contributed by atoms with E-state index < -0.39 is 5.54 Å². The Hall–Kier alpha value is -1.30. The third-order valence-electron chi connectivity index (χ3n) is 3.65. The van der Waals surface area contributed by atoms with Gasteiger partial charge in [0.05, 0.1) is 12.1 Å². The summed E-state index contributed by atoms with van der Waals surface area (Å²) in [5, 5.41) is 2.89. The lowest BCUT2D eigenvalue weighted by Gasteiger charge is -2.14. The maximum absolute atomic E-state index is 11.9. The number of methoxy groups -OCH3 is 1. The van der Waals surface area contributed by atoms with E-state index in [4.69, 9.17) is 15.2 Å². The molecule has 1 aromatic carbocycles. The molecule has 0 radical (unpaired) electrons. The fraction of sp³-hybridized carbons (Fsp3) is 0.562. The second-order valence-corrected chi connectivity index (χ2v) is 5.64. The van der Waals surface area contributed by atoms with Gasteiger partial charge < -0.3 is 20.5 Å². The zero-order chi connectivity index (χ0) is 15.3. The van der Waals surface area contributed by atoms with Gasteiger partial charge in [0.2, 0.25) is 5.91 Å². The lowest BCUT2D eigenvalue weighted by atomic mass is 10.1. The van der Waals surface area contributed by atoms with Crippen molar-refractivity contribution in [3.05, 3.63) is 29.3 Å². The van der Waals surface area contributed by atoms with E-state index in [2.05, 4.69) is 5.32 Å². The first-order valence-corrected chi connectivity index (χ1v) is 7.33. The number of benzene rings is 1. The number of nitrogens with two attached hydrogens (primary N) is 1. The molecule has 0 unspecified atom stereocenters. The average Bonchev–Trinajstić information content (AvgIpc) is 3.21. The van der Waals surface area contributed by atoms with Crippen LogP contribution in [-0.2, 0) is 16.1 Å². The smallest absolute Gasteiger partial charge is 0.240 e. The third kappa shape index (κ3) is 5.16. The van der Waals surface area contributed by atoms with Gasteiger partial charge >= 0.3 is 0 Å². The summed E-state index contributed by atoms with van der Waals surface area (Å²) in [5.41, 5.74) is 7.34. The van der Waals surface area contributed by atoms with E-state index in [0.717, 1.165) is 36.1 Å². The highest BCUT2D eigenvalue weighted by molar-refractivity contribution is 5.88. The van der Waals surface area contributed by atoms with Crippen LogP contribution >= 0.6 is 12.4 Å². The standard InChI is InChI=1S/C16H24N2O3.ClH/c1-12-4-5-13(11-18-15(19)16(17)6-7-16)14(10-12)21-9-3-8-20-2;/h4-5,10H,3,6-9,11,17H2,1-2H3,(H,18,19);1H. The normalized spacial score (nSPS) is 14.9. The van der Waals surface area contributed by atoms with Gasteiger partial charge in [-0.05, 0) is 31.4 Å². The molecule has 5 nitrogen and oxygen atoms in total. The molecule has 0 saturated heterocycles. The molecule has 0 bridgehead atoms. The lowest BCUT2D eigenvalue weighted by Crippen LogP contribution is -2.42. The molecule has 0 aromatic heterocycles. The Balaban J connectivity index is 0.00000242. The van der Waals surface area contributed by atoms with Gasteiger partial charge in [0.15, 0.2) is 0 Å². The lowest BCUT2D eigenvalue weighted by molar-refractivity contribution is -0.123. The Labute approximate surface area is 138 Å². The van der Waals surface area contributed by atoms with Crippen molar-refractivity contribution in [1.29, 1.82) is 0 Å². The van der Waals surface area contributed by atoms with E-state index in [9.17, 15) is 4.79 Å². The second kappa shape index (κ2) is 8.36. The van der Waals surface area contributed by atoms with Crippen LogP contribution in [0.1, 0.15) is 30.4 Å². The first kappa shape index (κ1) is 18.7. The fourth-order valence-electron chi connectivity index (χ4n) is 2.04. The number of nitrogens with one attached hydrogen (secondary N) is 1. The molecule has 1 saturated carbocycles. The zero-order valence-electron chi connectivity index (χ0n) is 13.2. The monoisotopic (exact) mass is 328 g/mol. The third-order valence-corrected chi connectivity index (χ3v) is 3.65.